The average Bonchev–Trinajstić information content (AvgIpc) is 2.57. The highest BCUT2D eigenvalue weighted by Crippen LogP contribution is 2.39. The van der Waals surface area contributed by atoms with Crippen LogP contribution in [0.4, 0.5) is 0 Å². The first kappa shape index (κ1) is 11.5. The van der Waals surface area contributed by atoms with Crippen LogP contribution in [0.1, 0.15) is 32.6 Å². The third-order valence-corrected chi connectivity index (χ3v) is 3.75. The van der Waals surface area contributed by atoms with E-state index in [1.165, 1.54) is 0 Å². The molecule has 0 radical (unpaired) electrons. The lowest BCUT2D eigenvalue weighted by Gasteiger charge is -2.33. The summed E-state index contributed by atoms with van der Waals surface area (Å²) in [5, 5.41) is 3.37. The van der Waals surface area contributed by atoms with E-state index in [1.807, 2.05) is 11.8 Å². The van der Waals surface area contributed by atoms with Crippen molar-refractivity contribution in [2.75, 3.05) is 26.2 Å². The molecule has 0 bridgehead atoms. The molecule has 2 rings (SSSR count). The summed E-state index contributed by atoms with van der Waals surface area (Å²) in [7, 11) is 0. The van der Waals surface area contributed by atoms with E-state index < -0.39 is 0 Å². The monoisotopic (exact) mass is 220 g/mol. The lowest BCUT2D eigenvalue weighted by molar-refractivity contribution is -0.127. The van der Waals surface area contributed by atoms with Crippen LogP contribution >= 0.6 is 0 Å². The van der Waals surface area contributed by atoms with Crippen molar-refractivity contribution in [2.24, 2.45) is 5.41 Å². The Morgan fingerprint density at radius 3 is 2.88 bits per heavy atom. The van der Waals surface area contributed by atoms with E-state index in [9.17, 15) is 4.79 Å². The van der Waals surface area contributed by atoms with Gasteiger partial charge in [-0.1, -0.05) is 0 Å². The summed E-state index contributed by atoms with van der Waals surface area (Å²) in [6, 6.07) is 0. The van der Waals surface area contributed by atoms with Gasteiger partial charge in [-0.15, -0.1) is 11.8 Å². The normalized spacial score (nSPS) is 23.3. The second-order valence-corrected chi connectivity index (χ2v) is 4.92. The molecule has 2 heterocycles. The molecule has 0 atom stereocenters. The summed E-state index contributed by atoms with van der Waals surface area (Å²) in [4.78, 5) is 13.9. The van der Waals surface area contributed by atoms with Crippen molar-refractivity contribution in [1.29, 1.82) is 0 Å². The van der Waals surface area contributed by atoms with Crippen molar-refractivity contribution in [1.82, 2.24) is 10.2 Å². The van der Waals surface area contributed by atoms with Gasteiger partial charge in [0.2, 0.25) is 5.91 Å². The van der Waals surface area contributed by atoms with E-state index in [0.29, 0.717) is 5.91 Å². The molecular formula is C13H20N2O. The quantitative estimate of drug-likeness (QED) is 0.704. The minimum atomic E-state index is 0.280. The number of nitrogens with one attached hydrogen (secondary N) is 1. The fourth-order valence-corrected chi connectivity index (χ4v) is 2.79. The lowest BCUT2D eigenvalue weighted by Crippen LogP contribution is -2.38. The Kier molecular flexibility index (Phi) is 3.50. The van der Waals surface area contributed by atoms with Gasteiger partial charge in [0.25, 0.3) is 0 Å². The number of piperidine rings is 1. The van der Waals surface area contributed by atoms with Gasteiger partial charge in [0.1, 0.15) is 0 Å². The van der Waals surface area contributed by atoms with Crippen LogP contribution in [0.15, 0.2) is 0 Å². The number of carbonyl (C=O) groups is 1. The molecular weight excluding hydrogens is 200 g/mol. The first-order chi connectivity index (χ1) is 7.76. The van der Waals surface area contributed by atoms with E-state index in [2.05, 4.69) is 17.2 Å². The molecule has 3 heteroatoms. The van der Waals surface area contributed by atoms with Gasteiger partial charge in [0.05, 0.1) is 0 Å². The molecule has 16 heavy (non-hydrogen) atoms. The molecule has 1 spiro atoms. The van der Waals surface area contributed by atoms with Gasteiger partial charge in [0.15, 0.2) is 0 Å². The number of rotatable bonds is 2. The van der Waals surface area contributed by atoms with Gasteiger partial charge in [-0.05, 0) is 38.3 Å². The molecule has 2 aliphatic rings. The van der Waals surface area contributed by atoms with Gasteiger partial charge >= 0.3 is 0 Å². The summed E-state index contributed by atoms with van der Waals surface area (Å²) in [5.41, 5.74) is 0.280. The summed E-state index contributed by atoms with van der Waals surface area (Å²) < 4.78 is 0. The molecule has 88 valence electrons. The maximum absolute atomic E-state index is 11.9. The molecule has 1 N–H and O–H groups in total. The molecule has 2 aliphatic heterocycles. The Morgan fingerprint density at radius 1 is 1.44 bits per heavy atom. The number of amides is 1. The maximum Gasteiger partial charge on any atom is 0.223 e. The Bertz CT molecular complexity index is 321. The zero-order valence-corrected chi connectivity index (χ0v) is 10.0. The minimum Gasteiger partial charge on any atom is -0.341 e. The van der Waals surface area contributed by atoms with Gasteiger partial charge in [-0.3, -0.25) is 4.79 Å². The molecule has 1 amide bonds. The average molecular weight is 220 g/mol. The van der Waals surface area contributed by atoms with Crippen LogP contribution in [0, 0.1) is 17.3 Å². The van der Waals surface area contributed by atoms with Crippen LogP contribution in [-0.4, -0.2) is 37.0 Å². The van der Waals surface area contributed by atoms with Crippen molar-refractivity contribution >= 4 is 5.91 Å². The number of nitrogens with zero attached hydrogens (tertiary/aromatic N) is 1. The number of hydrogen-bond donors (Lipinski definition) is 1. The second-order valence-electron chi connectivity index (χ2n) is 4.92. The Balaban J connectivity index is 1.91. The highest BCUT2D eigenvalue weighted by atomic mass is 16.2. The third kappa shape index (κ3) is 2.38. The van der Waals surface area contributed by atoms with E-state index in [4.69, 9.17) is 0 Å². The van der Waals surface area contributed by atoms with E-state index in [0.717, 1.165) is 51.9 Å². The number of carbonyl (C=O) groups excluding carboxylic acids is 1. The summed E-state index contributed by atoms with van der Waals surface area (Å²) in [6.07, 6.45) is 3.87. The van der Waals surface area contributed by atoms with E-state index in [1.54, 1.807) is 0 Å². The molecule has 0 unspecified atom stereocenters. The summed E-state index contributed by atoms with van der Waals surface area (Å²) in [6.45, 7) is 5.75. The predicted molar refractivity (Wildman–Crippen MR) is 63.8 cm³/mol. The van der Waals surface area contributed by atoms with Crippen LogP contribution in [0.2, 0.25) is 0 Å². The van der Waals surface area contributed by atoms with E-state index in [-0.39, 0.29) is 5.41 Å². The van der Waals surface area contributed by atoms with Gasteiger partial charge < -0.3 is 10.2 Å². The predicted octanol–water partition coefficient (Wildman–Crippen LogP) is 1.00. The summed E-state index contributed by atoms with van der Waals surface area (Å²) >= 11 is 0. The maximum atomic E-state index is 11.9. The van der Waals surface area contributed by atoms with Gasteiger partial charge in [0, 0.05) is 25.9 Å². The SMILES string of the molecule is CC#CCCN1CC2(CCNCC2)CC1=O. The van der Waals surface area contributed by atoms with Gasteiger partial charge in [-0.25, -0.2) is 0 Å². The standard InChI is InChI=1S/C13H20N2O/c1-2-3-4-9-15-11-13(10-12(15)16)5-7-14-8-6-13/h14H,4-11H2,1H3. The Morgan fingerprint density at radius 2 is 2.19 bits per heavy atom. The topological polar surface area (TPSA) is 32.3 Å². The fourth-order valence-electron chi connectivity index (χ4n) is 2.79. The largest absolute Gasteiger partial charge is 0.341 e. The zero-order valence-electron chi connectivity index (χ0n) is 10.0. The van der Waals surface area contributed by atoms with Crippen LogP contribution in [0.3, 0.4) is 0 Å². The van der Waals surface area contributed by atoms with Crippen molar-refractivity contribution in [3.05, 3.63) is 0 Å². The molecule has 3 nitrogen and oxygen atoms in total. The minimum absolute atomic E-state index is 0.280. The molecule has 0 saturated carbocycles. The lowest BCUT2D eigenvalue weighted by atomic mass is 9.78. The first-order valence-corrected chi connectivity index (χ1v) is 6.14. The van der Waals surface area contributed by atoms with Crippen LogP contribution in [0.25, 0.3) is 0 Å². The van der Waals surface area contributed by atoms with E-state index >= 15 is 0 Å². The molecule has 0 aromatic heterocycles. The molecule has 2 saturated heterocycles. The zero-order chi connectivity index (χ0) is 11.4. The van der Waals surface area contributed by atoms with Crippen molar-refractivity contribution < 1.29 is 4.79 Å². The Hall–Kier alpha value is -1.01. The first-order valence-electron chi connectivity index (χ1n) is 6.14. The molecule has 0 aromatic rings. The molecule has 0 aliphatic carbocycles. The fraction of sp³-hybridized carbons (Fsp3) is 0.769. The van der Waals surface area contributed by atoms with Crippen molar-refractivity contribution in [3.63, 3.8) is 0 Å². The van der Waals surface area contributed by atoms with Gasteiger partial charge in [-0.2, -0.15) is 0 Å². The highest BCUT2D eigenvalue weighted by molar-refractivity contribution is 5.79. The molecule has 2 fully saturated rings. The van der Waals surface area contributed by atoms with Crippen molar-refractivity contribution in [3.8, 4) is 11.8 Å². The highest BCUT2D eigenvalue weighted by Gasteiger charge is 2.43. The van der Waals surface area contributed by atoms with Crippen molar-refractivity contribution in [2.45, 2.75) is 32.6 Å². The van der Waals surface area contributed by atoms with Crippen LogP contribution in [-0.2, 0) is 4.79 Å². The second kappa shape index (κ2) is 4.88. The van der Waals surface area contributed by atoms with Crippen LogP contribution < -0.4 is 5.32 Å². The Labute approximate surface area is 97.6 Å². The number of hydrogen-bond acceptors (Lipinski definition) is 2. The summed E-state index contributed by atoms with van der Waals surface area (Å²) in [5.74, 6) is 6.24. The van der Waals surface area contributed by atoms with Crippen LogP contribution in [0.5, 0.6) is 0 Å². The third-order valence-electron chi connectivity index (χ3n) is 3.75. The molecule has 0 aromatic carbocycles. The number of likely N-dealkylation sites (tertiary alicyclic amines) is 1. The smallest absolute Gasteiger partial charge is 0.223 e.